The van der Waals surface area contributed by atoms with Gasteiger partial charge in [0.05, 0.1) is 5.56 Å². The van der Waals surface area contributed by atoms with Crippen LogP contribution in [0, 0.1) is 0 Å². The van der Waals surface area contributed by atoms with Crippen LogP contribution < -0.4 is 5.32 Å². The van der Waals surface area contributed by atoms with Crippen LogP contribution in [0.15, 0.2) is 53.4 Å². The first kappa shape index (κ1) is 14.5. The van der Waals surface area contributed by atoms with E-state index in [1.807, 2.05) is 0 Å². The van der Waals surface area contributed by atoms with Gasteiger partial charge in [0.2, 0.25) is 0 Å². The number of thiol groups is 1. The molecule has 0 bridgehead atoms. The summed E-state index contributed by atoms with van der Waals surface area (Å²) in [6.45, 7) is 0. The molecule has 0 aliphatic carbocycles. The van der Waals surface area contributed by atoms with E-state index in [-0.39, 0.29) is 5.69 Å². The summed E-state index contributed by atoms with van der Waals surface area (Å²) in [5, 5.41) is 2.43. The van der Waals surface area contributed by atoms with Gasteiger partial charge in [-0.15, -0.1) is 12.6 Å². The Hall–Kier alpha value is -1.95. The van der Waals surface area contributed by atoms with Crippen molar-refractivity contribution in [3.8, 4) is 0 Å². The van der Waals surface area contributed by atoms with Crippen LogP contribution >= 0.6 is 12.6 Å². The third-order valence-corrected chi connectivity index (χ3v) is 2.83. The summed E-state index contributed by atoms with van der Waals surface area (Å²) in [6, 6.07) is 10.9. The summed E-state index contributed by atoms with van der Waals surface area (Å²) < 4.78 is 37.7. The van der Waals surface area contributed by atoms with Crippen molar-refractivity contribution in [2.75, 3.05) is 5.32 Å². The van der Waals surface area contributed by atoms with Crippen LogP contribution in [0.25, 0.3) is 0 Å². The van der Waals surface area contributed by atoms with Crippen LogP contribution in [-0.4, -0.2) is 5.91 Å². The van der Waals surface area contributed by atoms with Gasteiger partial charge in [0.1, 0.15) is 0 Å². The Bertz CT molecular complexity index is 640. The summed E-state index contributed by atoms with van der Waals surface area (Å²) >= 11 is 4.10. The number of amides is 1. The Morgan fingerprint density at radius 2 is 1.75 bits per heavy atom. The third kappa shape index (κ3) is 3.54. The van der Waals surface area contributed by atoms with Gasteiger partial charge < -0.3 is 5.32 Å². The molecule has 0 heterocycles. The lowest BCUT2D eigenvalue weighted by Crippen LogP contribution is -2.13. The molecule has 0 atom stereocenters. The molecule has 2 rings (SSSR count). The van der Waals surface area contributed by atoms with E-state index in [4.69, 9.17) is 0 Å². The molecule has 0 unspecified atom stereocenters. The molecule has 20 heavy (non-hydrogen) atoms. The van der Waals surface area contributed by atoms with E-state index in [0.29, 0.717) is 10.5 Å². The Morgan fingerprint density at radius 3 is 2.40 bits per heavy atom. The molecule has 0 fully saturated rings. The maximum Gasteiger partial charge on any atom is 0.416 e. The van der Waals surface area contributed by atoms with E-state index < -0.39 is 17.6 Å². The minimum absolute atomic E-state index is 0.0920. The fourth-order valence-electron chi connectivity index (χ4n) is 1.62. The van der Waals surface area contributed by atoms with Gasteiger partial charge in [0, 0.05) is 16.1 Å². The van der Waals surface area contributed by atoms with Gasteiger partial charge in [-0.1, -0.05) is 12.1 Å². The predicted molar refractivity (Wildman–Crippen MR) is 73.1 cm³/mol. The largest absolute Gasteiger partial charge is 0.416 e. The first-order valence-electron chi connectivity index (χ1n) is 5.64. The lowest BCUT2D eigenvalue weighted by atomic mass is 10.1. The van der Waals surface area contributed by atoms with E-state index in [9.17, 15) is 18.0 Å². The van der Waals surface area contributed by atoms with E-state index in [0.717, 1.165) is 12.1 Å². The van der Waals surface area contributed by atoms with Crippen LogP contribution in [0.4, 0.5) is 18.9 Å². The zero-order chi connectivity index (χ0) is 14.8. The van der Waals surface area contributed by atoms with Gasteiger partial charge in [-0.05, 0) is 36.4 Å². The van der Waals surface area contributed by atoms with Crippen molar-refractivity contribution in [1.29, 1.82) is 0 Å². The topological polar surface area (TPSA) is 29.1 Å². The molecule has 0 saturated heterocycles. The number of rotatable bonds is 2. The van der Waals surface area contributed by atoms with Crippen LogP contribution in [0.1, 0.15) is 15.9 Å². The van der Waals surface area contributed by atoms with Crippen LogP contribution in [-0.2, 0) is 6.18 Å². The van der Waals surface area contributed by atoms with Crippen molar-refractivity contribution in [2.45, 2.75) is 11.1 Å². The van der Waals surface area contributed by atoms with E-state index in [1.165, 1.54) is 18.2 Å². The summed E-state index contributed by atoms with van der Waals surface area (Å²) in [5.74, 6) is -0.486. The maximum atomic E-state index is 12.6. The Labute approximate surface area is 119 Å². The zero-order valence-corrected chi connectivity index (χ0v) is 11.0. The number of anilines is 1. The lowest BCUT2D eigenvalue weighted by Gasteiger charge is -2.10. The van der Waals surface area contributed by atoms with Gasteiger partial charge in [0.15, 0.2) is 0 Å². The van der Waals surface area contributed by atoms with E-state index in [1.54, 1.807) is 18.2 Å². The minimum atomic E-state index is -4.44. The summed E-state index contributed by atoms with van der Waals surface area (Å²) in [5.41, 5.74) is -0.387. The van der Waals surface area contributed by atoms with Crippen molar-refractivity contribution in [3.05, 3.63) is 59.7 Å². The first-order valence-corrected chi connectivity index (χ1v) is 6.08. The van der Waals surface area contributed by atoms with Crippen molar-refractivity contribution in [1.82, 2.24) is 0 Å². The van der Waals surface area contributed by atoms with Crippen LogP contribution in [0.2, 0.25) is 0 Å². The first-order chi connectivity index (χ1) is 9.36. The fraction of sp³-hybridized carbons (Fsp3) is 0.0714. The highest BCUT2D eigenvalue weighted by atomic mass is 32.1. The van der Waals surface area contributed by atoms with Gasteiger partial charge in [0.25, 0.3) is 5.91 Å². The predicted octanol–water partition coefficient (Wildman–Crippen LogP) is 4.25. The molecule has 0 aliphatic heterocycles. The Morgan fingerprint density at radius 1 is 1.05 bits per heavy atom. The molecule has 0 aromatic heterocycles. The Balaban J connectivity index is 2.20. The standard InChI is InChI=1S/C14H10F3NOS/c15-14(16,17)10-4-2-5-11(8-10)18-13(19)9-3-1-6-12(20)7-9/h1-8,20H,(H,18,19). The van der Waals surface area contributed by atoms with E-state index >= 15 is 0 Å². The number of hydrogen-bond acceptors (Lipinski definition) is 2. The number of nitrogens with one attached hydrogen (secondary N) is 1. The van der Waals surface area contributed by atoms with Crippen molar-refractivity contribution >= 4 is 24.2 Å². The maximum absolute atomic E-state index is 12.6. The second kappa shape index (κ2) is 5.58. The monoisotopic (exact) mass is 297 g/mol. The number of hydrogen-bond donors (Lipinski definition) is 2. The SMILES string of the molecule is O=C(Nc1cccc(C(F)(F)F)c1)c1cccc(S)c1. The zero-order valence-electron chi connectivity index (χ0n) is 10.1. The molecule has 1 N–H and O–H groups in total. The van der Waals surface area contributed by atoms with Gasteiger partial charge in [-0.2, -0.15) is 13.2 Å². The molecule has 1 amide bonds. The summed E-state index contributed by atoms with van der Waals surface area (Å²) in [6.07, 6.45) is -4.44. The van der Waals surface area contributed by atoms with Gasteiger partial charge >= 0.3 is 6.18 Å². The highest BCUT2D eigenvalue weighted by molar-refractivity contribution is 7.80. The Kier molecular flexibility index (Phi) is 4.04. The fourth-order valence-corrected chi connectivity index (χ4v) is 1.85. The average Bonchev–Trinajstić information content (AvgIpc) is 2.38. The summed E-state index contributed by atoms with van der Waals surface area (Å²) in [7, 11) is 0. The molecule has 0 radical (unpaired) electrons. The lowest BCUT2D eigenvalue weighted by molar-refractivity contribution is -0.137. The number of alkyl halides is 3. The quantitative estimate of drug-likeness (QED) is 0.797. The van der Waals surface area contributed by atoms with Crippen molar-refractivity contribution in [3.63, 3.8) is 0 Å². The molecule has 2 aromatic carbocycles. The van der Waals surface area contributed by atoms with E-state index in [2.05, 4.69) is 17.9 Å². The number of halogens is 3. The minimum Gasteiger partial charge on any atom is -0.322 e. The number of carbonyl (C=O) groups is 1. The van der Waals surface area contributed by atoms with Crippen LogP contribution in [0.3, 0.4) is 0 Å². The highest BCUT2D eigenvalue weighted by Crippen LogP contribution is 2.30. The second-order valence-electron chi connectivity index (χ2n) is 4.08. The summed E-state index contributed by atoms with van der Waals surface area (Å²) in [4.78, 5) is 12.5. The molecule has 2 nitrogen and oxygen atoms in total. The number of carbonyl (C=O) groups excluding carboxylic acids is 1. The molecular formula is C14H10F3NOS. The second-order valence-corrected chi connectivity index (χ2v) is 4.60. The normalized spacial score (nSPS) is 11.2. The van der Waals surface area contributed by atoms with Gasteiger partial charge in [-0.3, -0.25) is 4.79 Å². The molecule has 0 saturated carbocycles. The molecule has 2 aromatic rings. The molecule has 0 aliphatic rings. The molecule has 6 heteroatoms. The van der Waals surface area contributed by atoms with Crippen molar-refractivity contribution < 1.29 is 18.0 Å². The smallest absolute Gasteiger partial charge is 0.322 e. The molecule has 0 spiro atoms. The van der Waals surface area contributed by atoms with Crippen LogP contribution in [0.5, 0.6) is 0 Å². The molecule has 104 valence electrons. The van der Waals surface area contributed by atoms with Gasteiger partial charge in [-0.25, -0.2) is 0 Å². The third-order valence-electron chi connectivity index (χ3n) is 2.56. The van der Waals surface area contributed by atoms with Crippen molar-refractivity contribution in [2.24, 2.45) is 0 Å². The average molecular weight is 297 g/mol. The number of benzene rings is 2. The highest BCUT2D eigenvalue weighted by Gasteiger charge is 2.30. The molecular weight excluding hydrogens is 287 g/mol.